The third-order valence-electron chi connectivity index (χ3n) is 2.92. The predicted molar refractivity (Wildman–Crippen MR) is 86.7 cm³/mol. The van der Waals surface area contributed by atoms with Gasteiger partial charge in [0.2, 0.25) is 0 Å². The van der Waals surface area contributed by atoms with Crippen LogP contribution >= 0.6 is 11.8 Å². The lowest BCUT2D eigenvalue weighted by Crippen LogP contribution is -2.31. The highest BCUT2D eigenvalue weighted by Gasteiger charge is 2.12. The zero-order chi connectivity index (χ0) is 15.2. The van der Waals surface area contributed by atoms with Gasteiger partial charge >= 0.3 is 6.03 Å². The molecule has 0 bridgehead atoms. The van der Waals surface area contributed by atoms with Crippen molar-refractivity contribution in [1.82, 2.24) is 14.9 Å². The number of nitrogens with one attached hydrogen (secondary N) is 2. The molecule has 2 N–H and O–H groups in total. The molecule has 6 heteroatoms. The van der Waals surface area contributed by atoms with Gasteiger partial charge in [0.05, 0.1) is 12.2 Å². The largest absolute Gasteiger partial charge is 0.345 e. The molecule has 1 aromatic heterocycles. The average molecular weight is 304 g/mol. The molecule has 0 aliphatic carbocycles. The smallest absolute Gasteiger partial charge is 0.322 e. The van der Waals surface area contributed by atoms with E-state index in [0.29, 0.717) is 6.54 Å². The summed E-state index contributed by atoms with van der Waals surface area (Å²) in [4.78, 5) is 22.3. The molecule has 0 aliphatic rings. The van der Waals surface area contributed by atoms with E-state index in [2.05, 4.69) is 22.2 Å². The number of nitrogens with zero attached hydrogens (tertiary/aromatic N) is 2. The molecule has 1 heterocycles. The molecule has 0 fully saturated rings. The van der Waals surface area contributed by atoms with E-state index in [4.69, 9.17) is 0 Å². The minimum absolute atomic E-state index is 0.145. The lowest BCUT2D eigenvalue weighted by atomic mass is 10.3. The number of carbonyl (C=O) groups is 1. The summed E-state index contributed by atoms with van der Waals surface area (Å²) < 4.78 is 0. The van der Waals surface area contributed by atoms with Crippen LogP contribution in [0.25, 0.3) is 0 Å². The number of anilines is 1. The molecule has 112 valence electrons. The van der Waals surface area contributed by atoms with Crippen LogP contribution in [0.1, 0.15) is 18.4 Å². The maximum atomic E-state index is 12.2. The summed E-state index contributed by atoms with van der Waals surface area (Å²) in [6.45, 7) is 4.48. The van der Waals surface area contributed by atoms with Crippen LogP contribution in [0.2, 0.25) is 0 Å². The standard InChI is InChI=1S/C15H20N4OS/c1-4-21-13-8-6-5-7-12(13)18-15(20)19(3)10-14-16-9-11(2)17-14/h5-9H,4,10H2,1-3H3,(H,16,17)(H,18,20). The number of rotatable bonds is 5. The number of urea groups is 1. The lowest BCUT2D eigenvalue weighted by molar-refractivity contribution is 0.219. The minimum atomic E-state index is -0.145. The summed E-state index contributed by atoms with van der Waals surface area (Å²) in [7, 11) is 1.75. The molecule has 2 amide bonds. The van der Waals surface area contributed by atoms with E-state index in [1.165, 1.54) is 0 Å². The van der Waals surface area contributed by atoms with E-state index in [0.717, 1.165) is 27.9 Å². The maximum absolute atomic E-state index is 12.2. The van der Waals surface area contributed by atoms with E-state index in [-0.39, 0.29) is 6.03 Å². The number of aryl methyl sites for hydroxylation is 1. The van der Waals surface area contributed by atoms with E-state index in [9.17, 15) is 4.79 Å². The first kappa shape index (κ1) is 15.4. The van der Waals surface area contributed by atoms with Gasteiger partial charge in [0.25, 0.3) is 0 Å². The summed E-state index contributed by atoms with van der Waals surface area (Å²) >= 11 is 1.71. The van der Waals surface area contributed by atoms with Crippen LogP contribution in [-0.2, 0) is 6.54 Å². The molecule has 0 aliphatic heterocycles. The first-order chi connectivity index (χ1) is 10.1. The average Bonchev–Trinajstić information content (AvgIpc) is 2.86. The van der Waals surface area contributed by atoms with E-state index in [1.54, 1.807) is 29.9 Å². The number of aromatic nitrogens is 2. The second kappa shape index (κ2) is 7.17. The minimum Gasteiger partial charge on any atom is -0.345 e. The van der Waals surface area contributed by atoms with Crippen molar-refractivity contribution in [2.75, 3.05) is 18.1 Å². The van der Waals surface area contributed by atoms with Crippen LogP contribution in [0, 0.1) is 6.92 Å². The third-order valence-corrected chi connectivity index (χ3v) is 3.87. The van der Waals surface area contributed by atoms with E-state index in [1.807, 2.05) is 31.2 Å². The molecule has 0 atom stereocenters. The van der Waals surface area contributed by atoms with Crippen molar-refractivity contribution < 1.29 is 4.79 Å². The molecular weight excluding hydrogens is 284 g/mol. The number of imidazole rings is 1. The predicted octanol–water partition coefficient (Wildman–Crippen LogP) is 3.49. The van der Waals surface area contributed by atoms with Crippen molar-refractivity contribution in [3.63, 3.8) is 0 Å². The Bertz CT molecular complexity index is 611. The molecule has 21 heavy (non-hydrogen) atoms. The Balaban J connectivity index is 2.00. The Morgan fingerprint density at radius 1 is 1.43 bits per heavy atom. The van der Waals surface area contributed by atoms with Gasteiger partial charge < -0.3 is 15.2 Å². The summed E-state index contributed by atoms with van der Waals surface area (Å²) in [6.07, 6.45) is 1.76. The maximum Gasteiger partial charge on any atom is 0.322 e. The van der Waals surface area contributed by atoms with Crippen LogP contribution in [0.5, 0.6) is 0 Å². The molecule has 1 aromatic carbocycles. The van der Waals surface area contributed by atoms with Crippen molar-refractivity contribution in [1.29, 1.82) is 0 Å². The van der Waals surface area contributed by atoms with Crippen molar-refractivity contribution in [2.45, 2.75) is 25.3 Å². The van der Waals surface area contributed by atoms with Crippen molar-refractivity contribution in [3.05, 3.63) is 42.0 Å². The fourth-order valence-electron chi connectivity index (χ4n) is 1.91. The fourth-order valence-corrected chi connectivity index (χ4v) is 2.67. The zero-order valence-electron chi connectivity index (χ0n) is 12.5. The van der Waals surface area contributed by atoms with Gasteiger partial charge in [-0.05, 0) is 24.8 Å². The Kier molecular flexibility index (Phi) is 5.27. The van der Waals surface area contributed by atoms with Gasteiger partial charge in [-0.1, -0.05) is 19.1 Å². The second-order valence-electron chi connectivity index (χ2n) is 4.73. The normalized spacial score (nSPS) is 10.4. The fraction of sp³-hybridized carbons (Fsp3) is 0.333. The molecule has 0 saturated carbocycles. The monoisotopic (exact) mass is 304 g/mol. The molecular formula is C15H20N4OS. The van der Waals surface area contributed by atoms with Crippen LogP contribution < -0.4 is 5.32 Å². The van der Waals surface area contributed by atoms with Gasteiger partial charge in [-0.3, -0.25) is 0 Å². The quantitative estimate of drug-likeness (QED) is 0.831. The van der Waals surface area contributed by atoms with Crippen LogP contribution in [0.3, 0.4) is 0 Å². The SMILES string of the molecule is CCSc1ccccc1NC(=O)N(C)Cc1ncc(C)[nH]1. The molecule has 0 spiro atoms. The summed E-state index contributed by atoms with van der Waals surface area (Å²) in [5.41, 5.74) is 1.83. The number of hydrogen-bond acceptors (Lipinski definition) is 3. The molecule has 2 rings (SSSR count). The Hall–Kier alpha value is -1.95. The number of para-hydroxylation sites is 1. The summed E-state index contributed by atoms with van der Waals surface area (Å²) in [5.74, 6) is 1.75. The van der Waals surface area contributed by atoms with Crippen molar-refractivity contribution in [2.24, 2.45) is 0 Å². The highest BCUT2D eigenvalue weighted by atomic mass is 32.2. The van der Waals surface area contributed by atoms with Crippen molar-refractivity contribution in [3.8, 4) is 0 Å². The number of thioether (sulfide) groups is 1. The van der Waals surface area contributed by atoms with Crippen LogP contribution in [0.4, 0.5) is 10.5 Å². The van der Waals surface area contributed by atoms with E-state index < -0.39 is 0 Å². The van der Waals surface area contributed by atoms with Gasteiger partial charge in [-0.15, -0.1) is 11.8 Å². The topological polar surface area (TPSA) is 61.0 Å². The zero-order valence-corrected chi connectivity index (χ0v) is 13.3. The molecule has 5 nitrogen and oxygen atoms in total. The number of hydrogen-bond donors (Lipinski definition) is 2. The number of carbonyl (C=O) groups excluding carboxylic acids is 1. The number of amides is 2. The van der Waals surface area contributed by atoms with Gasteiger partial charge in [-0.2, -0.15) is 0 Å². The summed E-state index contributed by atoms with van der Waals surface area (Å²) in [5, 5.41) is 2.95. The third kappa shape index (κ3) is 4.26. The van der Waals surface area contributed by atoms with Gasteiger partial charge in [0, 0.05) is 23.8 Å². The van der Waals surface area contributed by atoms with Crippen molar-refractivity contribution >= 4 is 23.5 Å². The Morgan fingerprint density at radius 2 is 2.19 bits per heavy atom. The van der Waals surface area contributed by atoms with Gasteiger partial charge in [-0.25, -0.2) is 9.78 Å². The molecule has 0 unspecified atom stereocenters. The first-order valence-corrected chi connectivity index (χ1v) is 7.83. The highest BCUT2D eigenvalue weighted by molar-refractivity contribution is 7.99. The Morgan fingerprint density at radius 3 is 2.86 bits per heavy atom. The van der Waals surface area contributed by atoms with Crippen LogP contribution in [0.15, 0.2) is 35.4 Å². The summed E-state index contributed by atoms with van der Waals surface area (Å²) in [6, 6.07) is 7.68. The molecule has 0 saturated heterocycles. The first-order valence-electron chi connectivity index (χ1n) is 6.84. The lowest BCUT2D eigenvalue weighted by Gasteiger charge is -2.18. The highest BCUT2D eigenvalue weighted by Crippen LogP contribution is 2.26. The Labute approximate surface area is 129 Å². The number of benzene rings is 1. The number of H-pyrrole nitrogens is 1. The van der Waals surface area contributed by atoms with E-state index >= 15 is 0 Å². The second-order valence-corrected chi connectivity index (χ2v) is 6.03. The van der Waals surface area contributed by atoms with Gasteiger partial charge in [0.1, 0.15) is 5.82 Å². The van der Waals surface area contributed by atoms with Gasteiger partial charge in [0.15, 0.2) is 0 Å². The number of aromatic amines is 1. The molecule has 0 radical (unpaired) electrons. The molecule has 2 aromatic rings. The van der Waals surface area contributed by atoms with Crippen LogP contribution in [-0.4, -0.2) is 33.7 Å².